The summed E-state index contributed by atoms with van der Waals surface area (Å²) in [6, 6.07) is 0. The normalized spacial score (nSPS) is 26.1. The van der Waals surface area contributed by atoms with Crippen LogP contribution in [0.2, 0.25) is 0 Å². The van der Waals surface area contributed by atoms with E-state index in [0.717, 1.165) is 17.8 Å². The Labute approximate surface area is 109 Å². The number of carbonyl (C=O) groups excluding carboxylic acids is 1. The standard InChI is InChI=1S/C10H13N3O3S2/c14-8(7-3-4-18(15,16)5-7)11-10-13-12-9(17-10)6-1-2-6/h6-7H,1-5H2,(H,11,13,14). The van der Waals surface area contributed by atoms with Crippen molar-refractivity contribution in [3.63, 3.8) is 0 Å². The van der Waals surface area contributed by atoms with Crippen molar-refractivity contribution in [2.45, 2.75) is 25.2 Å². The lowest BCUT2D eigenvalue weighted by Crippen LogP contribution is -2.23. The smallest absolute Gasteiger partial charge is 0.230 e. The highest BCUT2D eigenvalue weighted by atomic mass is 32.2. The van der Waals surface area contributed by atoms with Gasteiger partial charge in [0.2, 0.25) is 11.0 Å². The molecule has 1 aliphatic carbocycles. The maximum atomic E-state index is 11.9. The molecule has 8 heteroatoms. The molecule has 2 aliphatic rings. The van der Waals surface area contributed by atoms with Crippen molar-refractivity contribution < 1.29 is 13.2 Å². The zero-order valence-corrected chi connectivity index (χ0v) is 11.3. The summed E-state index contributed by atoms with van der Waals surface area (Å²) in [6.07, 6.45) is 2.69. The average molecular weight is 287 g/mol. The van der Waals surface area contributed by atoms with Crippen molar-refractivity contribution in [2.75, 3.05) is 16.8 Å². The van der Waals surface area contributed by atoms with Gasteiger partial charge in [-0.05, 0) is 19.3 Å². The molecule has 1 N–H and O–H groups in total. The highest BCUT2D eigenvalue weighted by Gasteiger charge is 2.34. The number of amides is 1. The van der Waals surface area contributed by atoms with Gasteiger partial charge in [0.25, 0.3) is 0 Å². The molecule has 18 heavy (non-hydrogen) atoms. The molecular weight excluding hydrogens is 274 g/mol. The fourth-order valence-electron chi connectivity index (χ4n) is 1.99. The second kappa shape index (κ2) is 4.27. The van der Waals surface area contributed by atoms with Gasteiger partial charge in [0.1, 0.15) is 5.01 Å². The maximum absolute atomic E-state index is 11.9. The van der Waals surface area contributed by atoms with Crippen molar-refractivity contribution in [2.24, 2.45) is 5.92 Å². The number of anilines is 1. The van der Waals surface area contributed by atoms with Gasteiger partial charge in [0.05, 0.1) is 17.4 Å². The van der Waals surface area contributed by atoms with E-state index >= 15 is 0 Å². The lowest BCUT2D eigenvalue weighted by atomic mass is 10.1. The van der Waals surface area contributed by atoms with Crippen LogP contribution in [-0.4, -0.2) is 36.0 Å². The van der Waals surface area contributed by atoms with Crippen LogP contribution in [0.3, 0.4) is 0 Å². The van der Waals surface area contributed by atoms with E-state index in [1.165, 1.54) is 11.3 Å². The minimum Gasteiger partial charge on any atom is -0.300 e. The first-order valence-corrected chi connectivity index (χ1v) is 8.52. The molecule has 1 aromatic rings. The molecule has 1 unspecified atom stereocenters. The summed E-state index contributed by atoms with van der Waals surface area (Å²) < 4.78 is 22.6. The summed E-state index contributed by atoms with van der Waals surface area (Å²) >= 11 is 1.39. The molecule has 1 aliphatic heterocycles. The maximum Gasteiger partial charge on any atom is 0.230 e. The van der Waals surface area contributed by atoms with E-state index in [-0.39, 0.29) is 17.4 Å². The number of aromatic nitrogens is 2. The Bertz CT molecular complexity index is 577. The number of hydrogen-bond donors (Lipinski definition) is 1. The van der Waals surface area contributed by atoms with E-state index in [2.05, 4.69) is 15.5 Å². The van der Waals surface area contributed by atoms with Gasteiger partial charge in [-0.1, -0.05) is 11.3 Å². The van der Waals surface area contributed by atoms with Crippen LogP contribution in [0.4, 0.5) is 5.13 Å². The van der Waals surface area contributed by atoms with E-state index in [1.54, 1.807) is 0 Å². The van der Waals surface area contributed by atoms with Crippen LogP contribution in [0.1, 0.15) is 30.2 Å². The quantitative estimate of drug-likeness (QED) is 0.887. The van der Waals surface area contributed by atoms with Crippen LogP contribution >= 0.6 is 11.3 Å². The van der Waals surface area contributed by atoms with Crippen molar-refractivity contribution in [3.05, 3.63) is 5.01 Å². The Kier molecular flexibility index (Phi) is 2.86. The number of nitrogens with zero attached hydrogens (tertiary/aromatic N) is 2. The van der Waals surface area contributed by atoms with E-state index < -0.39 is 15.8 Å². The minimum absolute atomic E-state index is 0.0485. The van der Waals surface area contributed by atoms with Gasteiger partial charge in [0, 0.05) is 5.92 Å². The number of hydrogen-bond acceptors (Lipinski definition) is 6. The number of rotatable bonds is 3. The first-order valence-electron chi connectivity index (χ1n) is 5.88. The summed E-state index contributed by atoms with van der Waals surface area (Å²) in [5, 5.41) is 12.0. The predicted molar refractivity (Wildman–Crippen MR) is 67.3 cm³/mol. The Balaban J connectivity index is 1.63. The molecule has 3 rings (SSSR count). The van der Waals surface area contributed by atoms with Crippen molar-refractivity contribution in [3.8, 4) is 0 Å². The highest BCUT2D eigenvalue weighted by molar-refractivity contribution is 7.91. The van der Waals surface area contributed by atoms with Gasteiger partial charge in [-0.25, -0.2) is 8.42 Å². The second-order valence-corrected chi connectivity index (χ2v) is 8.05. The van der Waals surface area contributed by atoms with E-state index in [9.17, 15) is 13.2 Å². The Morgan fingerprint density at radius 3 is 2.67 bits per heavy atom. The lowest BCUT2D eigenvalue weighted by Gasteiger charge is -2.05. The Hall–Kier alpha value is -1.02. The molecule has 1 atom stereocenters. The third kappa shape index (κ3) is 2.54. The van der Waals surface area contributed by atoms with Gasteiger partial charge >= 0.3 is 0 Å². The second-order valence-electron chi connectivity index (χ2n) is 4.81. The van der Waals surface area contributed by atoms with Crippen molar-refractivity contribution in [1.29, 1.82) is 0 Å². The zero-order valence-electron chi connectivity index (χ0n) is 9.63. The van der Waals surface area contributed by atoms with E-state index in [1.807, 2.05) is 0 Å². The third-order valence-corrected chi connectivity index (χ3v) is 5.97. The monoisotopic (exact) mass is 287 g/mol. The molecule has 2 fully saturated rings. The SMILES string of the molecule is O=C(Nc1nnc(C2CC2)s1)C1CCS(=O)(=O)C1. The van der Waals surface area contributed by atoms with E-state index in [4.69, 9.17) is 0 Å². The molecule has 0 spiro atoms. The molecule has 0 aromatic carbocycles. The first-order chi connectivity index (χ1) is 8.53. The average Bonchev–Trinajstić information content (AvgIpc) is 2.95. The summed E-state index contributed by atoms with van der Waals surface area (Å²) in [5.74, 6) is -0.125. The summed E-state index contributed by atoms with van der Waals surface area (Å²) in [4.78, 5) is 11.9. The van der Waals surface area contributed by atoms with Crippen LogP contribution in [0, 0.1) is 5.92 Å². The molecule has 1 amide bonds. The van der Waals surface area contributed by atoms with Gasteiger partial charge in [-0.15, -0.1) is 10.2 Å². The van der Waals surface area contributed by atoms with Crippen molar-refractivity contribution >= 4 is 32.2 Å². The summed E-state index contributed by atoms with van der Waals surface area (Å²) in [6.45, 7) is 0. The van der Waals surface area contributed by atoms with Crippen LogP contribution in [-0.2, 0) is 14.6 Å². The van der Waals surface area contributed by atoms with Crippen LogP contribution < -0.4 is 5.32 Å². The van der Waals surface area contributed by atoms with Gasteiger partial charge in [-0.3, -0.25) is 4.79 Å². The highest BCUT2D eigenvalue weighted by Crippen LogP contribution is 2.42. The zero-order chi connectivity index (χ0) is 12.8. The fraction of sp³-hybridized carbons (Fsp3) is 0.700. The predicted octanol–water partition coefficient (Wildman–Crippen LogP) is 0.789. The van der Waals surface area contributed by atoms with Crippen molar-refractivity contribution in [1.82, 2.24) is 10.2 Å². The number of carbonyl (C=O) groups is 1. The molecule has 0 bridgehead atoms. The lowest BCUT2D eigenvalue weighted by molar-refractivity contribution is -0.119. The third-order valence-electron chi connectivity index (χ3n) is 3.20. The molecule has 0 radical (unpaired) electrons. The number of nitrogens with one attached hydrogen (secondary N) is 1. The molecule has 1 saturated carbocycles. The van der Waals surface area contributed by atoms with Crippen LogP contribution in [0.15, 0.2) is 0 Å². The molecule has 98 valence electrons. The minimum atomic E-state index is -3.02. The molecule has 6 nitrogen and oxygen atoms in total. The van der Waals surface area contributed by atoms with Gasteiger partial charge in [-0.2, -0.15) is 0 Å². The number of sulfone groups is 1. The molecule has 2 heterocycles. The van der Waals surface area contributed by atoms with E-state index in [0.29, 0.717) is 17.5 Å². The fourth-order valence-corrected chi connectivity index (χ4v) is 4.65. The summed E-state index contributed by atoms with van der Waals surface area (Å²) in [5.41, 5.74) is 0. The Morgan fingerprint density at radius 2 is 2.06 bits per heavy atom. The van der Waals surface area contributed by atoms with Crippen LogP contribution in [0.5, 0.6) is 0 Å². The largest absolute Gasteiger partial charge is 0.300 e. The molecular formula is C10H13N3O3S2. The molecule has 1 aromatic heterocycles. The van der Waals surface area contributed by atoms with Gasteiger partial charge in [0.15, 0.2) is 9.84 Å². The topological polar surface area (TPSA) is 89.0 Å². The Morgan fingerprint density at radius 1 is 1.28 bits per heavy atom. The molecule has 1 saturated heterocycles. The summed E-state index contributed by atoms with van der Waals surface area (Å²) in [7, 11) is -3.02. The first kappa shape index (κ1) is 12.0. The van der Waals surface area contributed by atoms with Gasteiger partial charge < -0.3 is 5.32 Å². The van der Waals surface area contributed by atoms with Crippen LogP contribution in [0.25, 0.3) is 0 Å².